The van der Waals surface area contributed by atoms with Gasteiger partial charge in [0, 0.05) is 10.9 Å². The normalized spacial score (nSPS) is 10.5. The second-order valence-corrected chi connectivity index (χ2v) is 4.96. The molecule has 0 N–H and O–H groups in total. The number of hydrogen-bond donors (Lipinski definition) is 0. The number of ether oxygens (including phenoxy) is 3. The van der Waals surface area contributed by atoms with E-state index in [0.717, 1.165) is 39.1 Å². The van der Waals surface area contributed by atoms with E-state index in [0.29, 0.717) is 0 Å². The third kappa shape index (κ3) is 2.46. The van der Waals surface area contributed by atoms with Crippen LogP contribution in [0.25, 0.3) is 21.9 Å². The molecule has 3 heteroatoms. The molecule has 0 atom stereocenters. The molecule has 0 aliphatic carbocycles. The van der Waals surface area contributed by atoms with Gasteiger partial charge in [0.2, 0.25) is 0 Å². The second kappa shape index (κ2) is 5.98. The van der Waals surface area contributed by atoms with Crippen LogP contribution in [0, 0.1) is 0 Å². The van der Waals surface area contributed by atoms with E-state index >= 15 is 0 Å². The highest BCUT2D eigenvalue weighted by Gasteiger charge is 2.10. The Balaban J connectivity index is 2.21. The van der Waals surface area contributed by atoms with Crippen LogP contribution in [0.15, 0.2) is 54.6 Å². The zero-order valence-electron chi connectivity index (χ0n) is 12.9. The Morgan fingerprint density at radius 2 is 1.41 bits per heavy atom. The molecular weight excluding hydrogens is 276 g/mol. The van der Waals surface area contributed by atoms with E-state index in [4.69, 9.17) is 14.2 Å². The summed E-state index contributed by atoms with van der Waals surface area (Å²) in [5.74, 6) is 2.53. The van der Waals surface area contributed by atoms with Crippen molar-refractivity contribution < 1.29 is 14.2 Å². The van der Waals surface area contributed by atoms with Crippen molar-refractivity contribution in [2.75, 3.05) is 21.3 Å². The minimum absolute atomic E-state index is 0.834. The summed E-state index contributed by atoms with van der Waals surface area (Å²) in [6, 6.07) is 18.1. The van der Waals surface area contributed by atoms with E-state index in [1.807, 2.05) is 42.5 Å². The number of methoxy groups -OCH3 is 3. The lowest BCUT2D eigenvalue weighted by atomic mass is 9.99. The van der Waals surface area contributed by atoms with Crippen LogP contribution >= 0.6 is 0 Å². The summed E-state index contributed by atoms with van der Waals surface area (Å²) in [6.45, 7) is 0. The van der Waals surface area contributed by atoms with Gasteiger partial charge < -0.3 is 14.2 Å². The molecule has 0 spiro atoms. The van der Waals surface area contributed by atoms with Gasteiger partial charge in [-0.2, -0.15) is 0 Å². The summed E-state index contributed by atoms with van der Waals surface area (Å²) in [5, 5.41) is 2.16. The van der Waals surface area contributed by atoms with Crippen molar-refractivity contribution in [3.63, 3.8) is 0 Å². The van der Waals surface area contributed by atoms with Crippen molar-refractivity contribution in [2.45, 2.75) is 0 Å². The molecule has 3 rings (SSSR count). The van der Waals surface area contributed by atoms with E-state index in [9.17, 15) is 0 Å². The van der Waals surface area contributed by atoms with Gasteiger partial charge in [0.25, 0.3) is 0 Å². The Bertz CT molecular complexity index is 792. The third-order valence-electron chi connectivity index (χ3n) is 3.78. The third-order valence-corrected chi connectivity index (χ3v) is 3.78. The fraction of sp³-hybridized carbons (Fsp3) is 0.158. The molecule has 0 aliphatic rings. The van der Waals surface area contributed by atoms with Crippen molar-refractivity contribution in [3.05, 3.63) is 54.6 Å². The molecule has 0 fully saturated rings. The summed E-state index contributed by atoms with van der Waals surface area (Å²) in [4.78, 5) is 0. The predicted molar refractivity (Wildman–Crippen MR) is 89.0 cm³/mol. The van der Waals surface area contributed by atoms with Crippen LogP contribution in [-0.2, 0) is 0 Å². The lowest BCUT2D eigenvalue weighted by Crippen LogP contribution is -1.91. The molecule has 0 aliphatic heterocycles. The second-order valence-electron chi connectivity index (χ2n) is 4.96. The SMILES string of the molecule is COc1ccc(-c2cc3c(OC)cccc3cc2OC)cc1. The lowest BCUT2D eigenvalue weighted by molar-refractivity contribution is 0.414. The first kappa shape index (κ1) is 14.3. The minimum atomic E-state index is 0.834. The molecule has 0 amide bonds. The molecule has 0 heterocycles. The summed E-state index contributed by atoms with van der Waals surface area (Å²) in [7, 11) is 5.04. The van der Waals surface area contributed by atoms with Crippen molar-refractivity contribution in [3.8, 4) is 28.4 Å². The highest BCUT2D eigenvalue weighted by Crippen LogP contribution is 2.37. The Labute approximate surface area is 130 Å². The van der Waals surface area contributed by atoms with Gasteiger partial charge in [-0.1, -0.05) is 24.3 Å². The summed E-state index contributed by atoms with van der Waals surface area (Å²) >= 11 is 0. The molecular formula is C19H18O3. The topological polar surface area (TPSA) is 27.7 Å². The van der Waals surface area contributed by atoms with E-state index in [1.54, 1.807) is 21.3 Å². The zero-order valence-corrected chi connectivity index (χ0v) is 12.9. The number of hydrogen-bond acceptors (Lipinski definition) is 3. The molecule has 0 radical (unpaired) electrons. The van der Waals surface area contributed by atoms with Crippen molar-refractivity contribution in [2.24, 2.45) is 0 Å². The minimum Gasteiger partial charge on any atom is -0.497 e. The van der Waals surface area contributed by atoms with Gasteiger partial charge in [-0.05, 0) is 41.3 Å². The summed E-state index contributed by atoms with van der Waals surface area (Å²) < 4.78 is 16.3. The molecule has 0 saturated heterocycles. The maximum atomic E-state index is 5.57. The molecule has 3 nitrogen and oxygen atoms in total. The van der Waals surface area contributed by atoms with Gasteiger partial charge in [-0.25, -0.2) is 0 Å². The molecule has 3 aromatic carbocycles. The monoisotopic (exact) mass is 294 g/mol. The van der Waals surface area contributed by atoms with Gasteiger partial charge >= 0.3 is 0 Å². The van der Waals surface area contributed by atoms with Gasteiger partial charge in [0.15, 0.2) is 0 Å². The van der Waals surface area contributed by atoms with Crippen LogP contribution in [0.5, 0.6) is 17.2 Å². The first-order valence-electron chi connectivity index (χ1n) is 7.06. The van der Waals surface area contributed by atoms with Crippen molar-refractivity contribution >= 4 is 10.8 Å². The summed E-state index contributed by atoms with van der Waals surface area (Å²) in [5.41, 5.74) is 2.10. The molecule has 0 aromatic heterocycles. The Hall–Kier alpha value is -2.68. The van der Waals surface area contributed by atoms with Crippen LogP contribution in [0.1, 0.15) is 0 Å². The first-order chi connectivity index (χ1) is 10.8. The van der Waals surface area contributed by atoms with E-state index in [1.165, 1.54) is 0 Å². The Kier molecular flexibility index (Phi) is 3.88. The van der Waals surface area contributed by atoms with Gasteiger partial charge in [-0.15, -0.1) is 0 Å². The number of benzene rings is 3. The van der Waals surface area contributed by atoms with E-state index in [2.05, 4.69) is 12.1 Å². The van der Waals surface area contributed by atoms with Crippen molar-refractivity contribution in [1.82, 2.24) is 0 Å². The molecule has 0 bridgehead atoms. The molecule has 0 unspecified atom stereocenters. The molecule has 22 heavy (non-hydrogen) atoms. The van der Waals surface area contributed by atoms with E-state index in [-0.39, 0.29) is 0 Å². The Morgan fingerprint density at radius 1 is 0.682 bits per heavy atom. The van der Waals surface area contributed by atoms with E-state index < -0.39 is 0 Å². The summed E-state index contributed by atoms with van der Waals surface area (Å²) in [6.07, 6.45) is 0. The zero-order chi connectivity index (χ0) is 15.5. The highest BCUT2D eigenvalue weighted by atomic mass is 16.5. The quantitative estimate of drug-likeness (QED) is 0.707. The number of rotatable bonds is 4. The molecule has 3 aromatic rings. The first-order valence-corrected chi connectivity index (χ1v) is 7.06. The average Bonchev–Trinajstić information content (AvgIpc) is 2.60. The van der Waals surface area contributed by atoms with Crippen LogP contribution in [0.4, 0.5) is 0 Å². The highest BCUT2D eigenvalue weighted by molar-refractivity contribution is 5.94. The maximum absolute atomic E-state index is 5.57. The number of fused-ring (bicyclic) bond motifs is 1. The van der Waals surface area contributed by atoms with Gasteiger partial charge in [-0.3, -0.25) is 0 Å². The lowest BCUT2D eigenvalue weighted by Gasteiger charge is -2.13. The largest absolute Gasteiger partial charge is 0.497 e. The van der Waals surface area contributed by atoms with Crippen molar-refractivity contribution in [1.29, 1.82) is 0 Å². The van der Waals surface area contributed by atoms with Gasteiger partial charge in [0.1, 0.15) is 17.2 Å². The fourth-order valence-corrected chi connectivity index (χ4v) is 2.62. The maximum Gasteiger partial charge on any atom is 0.127 e. The average molecular weight is 294 g/mol. The Morgan fingerprint density at radius 3 is 2.05 bits per heavy atom. The van der Waals surface area contributed by atoms with Crippen LogP contribution < -0.4 is 14.2 Å². The van der Waals surface area contributed by atoms with Crippen LogP contribution in [0.2, 0.25) is 0 Å². The van der Waals surface area contributed by atoms with Gasteiger partial charge in [0.05, 0.1) is 21.3 Å². The van der Waals surface area contributed by atoms with Crippen LogP contribution in [-0.4, -0.2) is 21.3 Å². The van der Waals surface area contributed by atoms with Crippen LogP contribution in [0.3, 0.4) is 0 Å². The molecule has 0 saturated carbocycles. The standard InChI is InChI=1S/C19H18O3/c1-20-15-9-7-13(8-10-15)16-12-17-14(11-19(16)22-3)5-4-6-18(17)21-2/h4-12H,1-3H3. The fourth-order valence-electron chi connectivity index (χ4n) is 2.62. The molecule has 112 valence electrons. The predicted octanol–water partition coefficient (Wildman–Crippen LogP) is 4.53. The smallest absolute Gasteiger partial charge is 0.127 e.